The summed E-state index contributed by atoms with van der Waals surface area (Å²) < 4.78 is 81.2. The van der Waals surface area contributed by atoms with Gasteiger partial charge in [0.25, 0.3) is 21.9 Å². The lowest BCUT2D eigenvalue weighted by Gasteiger charge is -2.32. The van der Waals surface area contributed by atoms with Crippen molar-refractivity contribution in [2.45, 2.75) is 83.6 Å². The van der Waals surface area contributed by atoms with Crippen molar-refractivity contribution < 1.29 is 64.0 Å². The number of fused-ring (bicyclic) bond motifs is 2. The van der Waals surface area contributed by atoms with E-state index in [1.807, 2.05) is 6.08 Å². The third-order valence-electron chi connectivity index (χ3n) is 11.3. The molecule has 4 heterocycles. The topological polar surface area (TPSA) is 181 Å². The van der Waals surface area contributed by atoms with Crippen LogP contribution in [0.4, 0.5) is 8.63 Å². The fourth-order valence-electron chi connectivity index (χ4n) is 8.06. The van der Waals surface area contributed by atoms with Gasteiger partial charge in [-0.05, 0) is 80.6 Å². The number of ether oxygens (including phenoxy) is 2. The highest BCUT2D eigenvalue weighted by Crippen LogP contribution is 2.39. The number of methoxy groups -OCH3 is 1. The third-order valence-corrected chi connectivity index (χ3v) is 12.0. The van der Waals surface area contributed by atoms with Crippen LogP contribution in [0.5, 0.6) is 5.75 Å². The van der Waals surface area contributed by atoms with Gasteiger partial charge in [-0.25, -0.2) is 0 Å². The fourth-order valence-corrected chi connectivity index (χ4v) is 8.75. The summed E-state index contributed by atoms with van der Waals surface area (Å²) in [7, 11) is 3.09. The van der Waals surface area contributed by atoms with Gasteiger partial charge in [-0.1, -0.05) is 6.42 Å². The number of amides is 3. The summed E-state index contributed by atoms with van der Waals surface area (Å²) in [6.07, 6.45) is 8.99. The van der Waals surface area contributed by atoms with Crippen molar-refractivity contribution in [2.24, 2.45) is 0 Å². The lowest BCUT2D eigenvalue weighted by molar-refractivity contribution is -0.870. The summed E-state index contributed by atoms with van der Waals surface area (Å²) in [6, 6.07) is 6.99. The molecule has 0 fully saturated rings. The van der Waals surface area contributed by atoms with Gasteiger partial charge in [0.15, 0.2) is 17.2 Å². The van der Waals surface area contributed by atoms with E-state index in [4.69, 9.17) is 9.47 Å². The number of hydrogen-bond donors (Lipinski definition) is 2. The van der Waals surface area contributed by atoms with Crippen molar-refractivity contribution >= 4 is 58.2 Å². The van der Waals surface area contributed by atoms with E-state index in [0.29, 0.717) is 66.1 Å². The summed E-state index contributed by atoms with van der Waals surface area (Å²) in [4.78, 5) is 62.9. The van der Waals surface area contributed by atoms with Gasteiger partial charge in [0.1, 0.15) is 23.3 Å². The molecule has 1 unspecified atom stereocenters. The molecule has 2 aromatic rings. The van der Waals surface area contributed by atoms with Crippen LogP contribution in [-0.2, 0) is 45.2 Å². The first kappa shape index (κ1) is 48.9. The molecule has 3 amide bonds. The second-order valence-corrected chi connectivity index (χ2v) is 18.8. The molecule has 63 heavy (non-hydrogen) atoms. The fraction of sp³-hybridized carbons (Fsp3) is 0.500. The number of quaternary nitrogens is 1. The minimum absolute atomic E-state index is 0.00545. The number of aromatic nitrogens is 1. The predicted octanol–water partition coefficient (Wildman–Crippen LogP) is 4.43. The van der Waals surface area contributed by atoms with E-state index in [-0.39, 0.29) is 75.2 Å². The summed E-state index contributed by atoms with van der Waals surface area (Å²) in [5, 5.41) is 2.41. The average Bonchev–Trinajstić information content (AvgIpc) is 3.86. The largest absolute Gasteiger partial charge is 0.737 e. The summed E-state index contributed by atoms with van der Waals surface area (Å²) in [6.45, 7) is -1.31. The lowest BCUT2D eigenvalue weighted by Crippen LogP contribution is -2.51. The van der Waals surface area contributed by atoms with Crippen molar-refractivity contribution in [1.29, 1.82) is 0 Å². The molecule has 5 rings (SSSR count). The zero-order valence-electron chi connectivity index (χ0n) is 36.7. The number of halogens is 2. The van der Waals surface area contributed by atoms with Gasteiger partial charge in [0.05, 0.1) is 47.9 Å². The van der Waals surface area contributed by atoms with Gasteiger partial charge in [-0.2, -0.15) is 8.42 Å². The molecular weight excluding hydrogens is 839 g/mol. The normalized spacial score (nSPS) is 16.2. The van der Waals surface area contributed by atoms with Crippen molar-refractivity contribution in [3.05, 3.63) is 82.3 Å². The van der Waals surface area contributed by atoms with Gasteiger partial charge in [-0.15, -0.1) is 0 Å². The van der Waals surface area contributed by atoms with Gasteiger partial charge in [-0.3, -0.25) is 33.4 Å². The number of nitrogens with one attached hydrogen (secondary N) is 1. The van der Waals surface area contributed by atoms with E-state index < -0.39 is 40.6 Å². The van der Waals surface area contributed by atoms with Crippen LogP contribution in [-0.4, -0.2) is 140 Å². The molecule has 3 aliphatic heterocycles. The third kappa shape index (κ3) is 13.2. The number of rotatable bonds is 26. The van der Waals surface area contributed by atoms with Crippen LogP contribution < -0.4 is 10.1 Å². The monoisotopic (exact) mass is 898 g/mol. The Hall–Kier alpha value is -5.11. The molecule has 19 heteroatoms. The number of carbonyl (C=O) groups is 5. The van der Waals surface area contributed by atoms with Gasteiger partial charge < -0.3 is 36.9 Å². The molecule has 0 bridgehead atoms. The zero-order valence-corrected chi connectivity index (χ0v) is 37.6. The van der Waals surface area contributed by atoms with Crippen LogP contribution in [0.25, 0.3) is 6.08 Å². The molecule has 0 aliphatic carbocycles. The van der Waals surface area contributed by atoms with E-state index in [1.165, 1.54) is 19.3 Å². The van der Waals surface area contributed by atoms with Gasteiger partial charge >= 0.3 is 6.97 Å². The number of imide groups is 1. The van der Waals surface area contributed by atoms with Crippen LogP contribution in [0.15, 0.2) is 59.8 Å². The Balaban J connectivity index is 1.16. The SMILES string of the molecule is COc1ccc(C2=[N+]3C(=Cc4c(C)cc(CCC(=O)NC(CS(=O)(=O)O)C(=O)CCCCCC(=O)CCCOCCN5C(=O)C=CC5=O)n4[B-]3(F)F)C(CCC[N+](C)(C)C)=C2)cc1. The molecule has 0 spiro atoms. The van der Waals surface area contributed by atoms with Crippen molar-refractivity contribution in [3.63, 3.8) is 0 Å². The number of nitrogens with zero attached hydrogens (tertiary/aromatic N) is 4. The van der Waals surface area contributed by atoms with Gasteiger partial charge in [0.2, 0.25) is 5.91 Å². The van der Waals surface area contributed by atoms with Crippen molar-refractivity contribution in [3.8, 4) is 5.75 Å². The van der Waals surface area contributed by atoms with E-state index in [9.17, 15) is 36.9 Å². The van der Waals surface area contributed by atoms with Gasteiger partial charge in [0, 0.05) is 79.8 Å². The Morgan fingerprint density at radius 3 is 2.22 bits per heavy atom. The Labute approximate surface area is 367 Å². The van der Waals surface area contributed by atoms with E-state index >= 15 is 8.63 Å². The molecule has 342 valence electrons. The molecule has 15 nitrogen and oxygen atoms in total. The molecule has 1 atom stereocenters. The quantitative estimate of drug-likeness (QED) is 0.0451. The average molecular weight is 899 g/mol. The van der Waals surface area contributed by atoms with Crippen LogP contribution in [0, 0.1) is 6.92 Å². The Morgan fingerprint density at radius 2 is 1.57 bits per heavy atom. The molecule has 0 saturated carbocycles. The van der Waals surface area contributed by atoms with E-state index in [0.717, 1.165) is 36.9 Å². The second kappa shape index (κ2) is 21.0. The maximum atomic E-state index is 17.1. The van der Waals surface area contributed by atoms with Crippen LogP contribution in [0.2, 0.25) is 0 Å². The molecular formula is C44H59BF2N5O10S+. The maximum Gasteiger partial charge on any atom is 0.737 e. The first-order chi connectivity index (χ1) is 29.7. The Kier molecular flexibility index (Phi) is 16.3. The highest BCUT2D eigenvalue weighted by atomic mass is 32.2. The molecule has 3 aliphatic rings. The molecule has 0 radical (unpaired) electrons. The molecule has 1 aromatic carbocycles. The number of unbranched alkanes of at least 4 members (excludes halogenated alkanes) is 2. The number of carbonyl (C=O) groups excluding carboxylic acids is 5. The van der Waals surface area contributed by atoms with Crippen molar-refractivity contribution in [2.75, 3.05) is 60.3 Å². The van der Waals surface area contributed by atoms with Crippen LogP contribution in [0.1, 0.15) is 86.7 Å². The number of benzene rings is 1. The van der Waals surface area contributed by atoms with Crippen molar-refractivity contribution in [1.82, 2.24) is 14.7 Å². The smallest absolute Gasteiger partial charge is 0.497 e. The standard InChI is InChI=1S/C44H58BF2N5O10S/c1-31-27-34(50-38(31)29-40-33(11-9-24-52(2,3)4)28-39(51(40)45(50,46)47)32-15-18-36(61-5)19-16-32)17-20-42(55)48-37(30-63(58,59)60)41(54)14-8-6-7-12-35(53)13-10-25-62-26-23-49-43(56)21-22-44(49)57/h15-16,18-19,21-22,27-29,37H,6-14,17,20,23-26,30H2,1-5H3,(H-,48,55,58,59,60)/p+1. The van der Waals surface area contributed by atoms with E-state index in [1.54, 1.807) is 43.3 Å². The second-order valence-electron chi connectivity index (χ2n) is 17.3. The minimum atomic E-state index is -4.69. The first-order valence-electron chi connectivity index (χ1n) is 21.4. The minimum Gasteiger partial charge on any atom is -0.497 e. The van der Waals surface area contributed by atoms with Crippen LogP contribution in [0.3, 0.4) is 0 Å². The summed E-state index contributed by atoms with van der Waals surface area (Å²) in [5.74, 6) is -2.61. The molecule has 2 N–H and O–H groups in total. The maximum absolute atomic E-state index is 17.1. The lowest BCUT2D eigenvalue weighted by atomic mass is 9.88. The zero-order chi connectivity index (χ0) is 46.1. The summed E-state index contributed by atoms with van der Waals surface area (Å²) in [5.41, 5.74) is 3.27. The van der Waals surface area contributed by atoms with Crippen LogP contribution >= 0.6 is 0 Å². The highest BCUT2D eigenvalue weighted by Gasteiger charge is 2.54. The Morgan fingerprint density at radius 1 is 0.905 bits per heavy atom. The number of ketones is 2. The Bertz CT molecular complexity index is 2300. The van der Waals surface area contributed by atoms with E-state index in [2.05, 4.69) is 26.5 Å². The molecule has 1 aromatic heterocycles. The highest BCUT2D eigenvalue weighted by molar-refractivity contribution is 7.85. The number of aryl methyl sites for hydroxylation is 2. The summed E-state index contributed by atoms with van der Waals surface area (Å²) >= 11 is 0. The number of Topliss-reactive ketones (excluding diaryl/α,β-unsaturated/α-hetero) is 2. The number of allylic oxidation sites excluding steroid dienone is 2. The number of hydrogen-bond acceptors (Lipinski definition) is 9. The molecule has 0 saturated heterocycles. The first-order valence-corrected chi connectivity index (χ1v) is 23.0. The predicted molar refractivity (Wildman–Crippen MR) is 234 cm³/mol.